The third kappa shape index (κ3) is 2.38. The van der Waals surface area contributed by atoms with Crippen LogP contribution in [0.1, 0.15) is 16.1 Å². The van der Waals surface area contributed by atoms with Crippen LogP contribution < -0.4 is 4.74 Å². The summed E-state index contributed by atoms with van der Waals surface area (Å²) in [6, 6.07) is 4.94. The summed E-state index contributed by atoms with van der Waals surface area (Å²) in [6.07, 6.45) is 4.40. The van der Waals surface area contributed by atoms with Crippen LogP contribution in [-0.4, -0.2) is 16.1 Å². The maximum atomic E-state index is 10.6. The minimum Gasteiger partial charge on any atom is -0.484 e. The molecule has 2 aromatic heterocycles. The van der Waals surface area contributed by atoms with Gasteiger partial charge in [0.1, 0.15) is 24.4 Å². The first-order valence-corrected chi connectivity index (χ1v) is 4.59. The number of ether oxygens (including phenoxy) is 1. The van der Waals surface area contributed by atoms with Gasteiger partial charge in [-0.3, -0.25) is 4.98 Å². The van der Waals surface area contributed by atoms with Crippen LogP contribution in [0.25, 0.3) is 0 Å². The van der Waals surface area contributed by atoms with Gasteiger partial charge in [-0.25, -0.2) is 4.79 Å². The normalized spacial score (nSPS) is 10.0. The molecule has 2 rings (SSSR count). The highest BCUT2D eigenvalue weighted by molar-refractivity contribution is 5.87. The lowest BCUT2D eigenvalue weighted by Crippen LogP contribution is -1.95. The van der Waals surface area contributed by atoms with Gasteiger partial charge in [0.15, 0.2) is 0 Å². The van der Waals surface area contributed by atoms with Crippen molar-refractivity contribution in [1.82, 2.24) is 4.98 Å². The quantitative estimate of drug-likeness (QED) is 0.850. The van der Waals surface area contributed by atoms with Crippen molar-refractivity contribution in [2.75, 3.05) is 0 Å². The Hall–Kier alpha value is -2.30. The first-order chi connectivity index (χ1) is 7.75. The number of furan rings is 1. The molecule has 5 heteroatoms. The Labute approximate surface area is 91.3 Å². The maximum Gasteiger partial charge on any atom is 0.338 e. The van der Waals surface area contributed by atoms with Gasteiger partial charge in [0.2, 0.25) is 0 Å². The number of pyridine rings is 1. The molecule has 0 aromatic carbocycles. The van der Waals surface area contributed by atoms with Crippen LogP contribution >= 0.6 is 0 Å². The van der Waals surface area contributed by atoms with E-state index in [0.717, 1.165) is 0 Å². The van der Waals surface area contributed by atoms with Gasteiger partial charge >= 0.3 is 5.97 Å². The van der Waals surface area contributed by atoms with Crippen LogP contribution in [0.2, 0.25) is 0 Å². The minimum absolute atomic E-state index is 0.116. The van der Waals surface area contributed by atoms with Crippen molar-refractivity contribution in [3.63, 3.8) is 0 Å². The summed E-state index contributed by atoms with van der Waals surface area (Å²) in [5.74, 6) is 0.0494. The molecule has 1 N–H and O–H groups in total. The molecule has 5 nitrogen and oxygen atoms in total. The second-order valence-electron chi connectivity index (χ2n) is 3.08. The minimum atomic E-state index is -1.02. The van der Waals surface area contributed by atoms with Gasteiger partial charge < -0.3 is 14.3 Å². The molecule has 0 saturated heterocycles. The predicted octanol–water partition coefficient (Wildman–Crippen LogP) is 1.95. The molecule has 0 unspecified atom stereocenters. The van der Waals surface area contributed by atoms with E-state index in [1.165, 1.54) is 12.3 Å². The first kappa shape index (κ1) is 10.2. The highest BCUT2D eigenvalue weighted by Gasteiger charge is 2.08. The summed E-state index contributed by atoms with van der Waals surface area (Å²) in [5, 5.41) is 8.67. The monoisotopic (exact) mass is 219 g/mol. The third-order valence-electron chi connectivity index (χ3n) is 1.92. The van der Waals surface area contributed by atoms with E-state index in [4.69, 9.17) is 14.3 Å². The van der Waals surface area contributed by atoms with Gasteiger partial charge in [0.25, 0.3) is 0 Å². The number of carboxylic acids is 1. The molecule has 0 aliphatic heterocycles. The lowest BCUT2D eigenvalue weighted by molar-refractivity contribution is 0.0696. The zero-order chi connectivity index (χ0) is 11.4. The van der Waals surface area contributed by atoms with Gasteiger partial charge in [-0.1, -0.05) is 0 Å². The van der Waals surface area contributed by atoms with E-state index in [2.05, 4.69) is 4.98 Å². The largest absolute Gasteiger partial charge is 0.484 e. The molecule has 16 heavy (non-hydrogen) atoms. The SMILES string of the molecule is O=C(O)c1coc(COc2cccnc2)c1. The van der Waals surface area contributed by atoms with E-state index in [-0.39, 0.29) is 12.2 Å². The Morgan fingerprint density at radius 1 is 1.56 bits per heavy atom. The number of aromatic nitrogens is 1. The fraction of sp³-hybridized carbons (Fsp3) is 0.0909. The third-order valence-corrected chi connectivity index (χ3v) is 1.92. The zero-order valence-electron chi connectivity index (χ0n) is 8.29. The highest BCUT2D eigenvalue weighted by Crippen LogP contribution is 2.12. The van der Waals surface area contributed by atoms with Crippen molar-refractivity contribution in [2.45, 2.75) is 6.61 Å². The van der Waals surface area contributed by atoms with E-state index >= 15 is 0 Å². The van der Waals surface area contributed by atoms with Gasteiger partial charge in [-0.05, 0) is 18.2 Å². The van der Waals surface area contributed by atoms with E-state index in [9.17, 15) is 4.79 Å². The second-order valence-corrected chi connectivity index (χ2v) is 3.08. The Bertz CT molecular complexity index is 478. The van der Waals surface area contributed by atoms with Crippen molar-refractivity contribution >= 4 is 5.97 Å². The number of rotatable bonds is 4. The van der Waals surface area contributed by atoms with Crippen molar-refractivity contribution in [3.05, 3.63) is 48.2 Å². The van der Waals surface area contributed by atoms with Crippen molar-refractivity contribution in [2.24, 2.45) is 0 Å². The molecule has 2 aromatic rings. The second kappa shape index (κ2) is 4.48. The van der Waals surface area contributed by atoms with E-state index in [1.54, 1.807) is 24.5 Å². The van der Waals surface area contributed by atoms with Crippen LogP contribution in [0.4, 0.5) is 0 Å². The van der Waals surface area contributed by atoms with Crippen LogP contribution in [0, 0.1) is 0 Å². The summed E-state index contributed by atoms with van der Waals surface area (Å²) in [5.41, 5.74) is 0.116. The Morgan fingerprint density at radius 3 is 3.06 bits per heavy atom. The van der Waals surface area contributed by atoms with E-state index < -0.39 is 5.97 Å². The molecule has 0 aliphatic rings. The van der Waals surface area contributed by atoms with Crippen LogP contribution in [0.5, 0.6) is 5.75 Å². The summed E-state index contributed by atoms with van der Waals surface area (Å²) in [6.45, 7) is 0.180. The molecule has 0 saturated carbocycles. The lowest BCUT2D eigenvalue weighted by atomic mass is 10.3. The highest BCUT2D eigenvalue weighted by atomic mass is 16.5. The number of aromatic carboxylic acids is 1. The topological polar surface area (TPSA) is 72.6 Å². The smallest absolute Gasteiger partial charge is 0.338 e. The van der Waals surface area contributed by atoms with Gasteiger partial charge in [-0.2, -0.15) is 0 Å². The molecule has 0 amide bonds. The maximum absolute atomic E-state index is 10.6. The summed E-state index contributed by atoms with van der Waals surface area (Å²) >= 11 is 0. The Morgan fingerprint density at radius 2 is 2.44 bits per heavy atom. The average Bonchev–Trinajstić information content (AvgIpc) is 2.76. The molecule has 2 heterocycles. The molecule has 0 radical (unpaired) electrons. The molecule has 0 aliphatic carbocycles. The summed E-state index contributed by atoms with van der Waals surface area (Å²) in [7, 11) is 0. The molecule has 0 spiro atoms. The Kier molecular flexibility index (Phi) is 2.86. The number of hydrogen-bond donors (Lipinski definition) is 1. The van der Waals surface area contributed by atoms with Gasteiger partial charge in [0, 0.05) is 6.20 Å². The van der Waals surface area contributed by atoms with Crippen molar-refractivity contribution in [3.8, 4) is 5.75 Å². The standard InChI is InChI=1S/C11H9NO4/c13-11(14)8-4-10(15-6-8)7-16-9-2-1-3-12-5-9/h1-6H,7H2,(H,13,14). The lowest BCUT2D eigenvalue weighted by Gasteiger charge is -2.01. The average molecular weight is 219 g/mol. The zero-order valence-corrected chi connectivity index (χ0v) is 8.29. The number of nitrogens with zero attached hydrogens (tertiary/aromatic N) is 1. The predicted molar refractivity (Wildman–Crippen MR) is 54.2 cm³/mol. The molecule has 0 fully saturated rings. The first-order valence-electron chi connectivity index (χ1n) is 4.59. The Balaban J connectivity index is 1.97. The molecule has 82 valence electrons. The van der Waals surface area contributed by atoms with Crippen LogP contribution in [0.15, 0.2) is 41.3 Å². The fourth-order valence-corrected chi connectivity index (χ4v) is 1.16. The number of hydrogen-bond acceptors (Lipinski definition) is 4. The van der Waals surface area contributed by atoms with E-state index in [0.29, 0.717) is 11.5 Å². The molecular formula is C11H9NO4. The number of carboxylic acid groups (broad SMARTS) is 1. The van der Waals surface area contributed by atoms with Crippen LogP contribution in [-0.2, 0) is 6.61 Å². The van der Waals surface area contributed by atoms with Crippen molar-refractivity contribution in [1.29, 1.82) is 0 Å². The van der Waals surface area contributed by atoms with E-state index in [1.807, 2.05) is 0 Å². The molecular weight excluding hydrogens is 210 g/mol. The van der Waals surface area contributed by atoms with Gasteiger partial charge in [-0.15, -0.1) is 0 Å². The summed E-state index contributed by atoms with van der Waals surface area (Å²) < 4.78 is 10.4. The molecule has 0 atom stereocenters. The number of carbonyl (C=O) groups is 1. The van der Waals surface area contributed by atoms with Crippen LogP contribution in [0.3, 0.4) is 0 Å². The van der Waals surface area contributed by atoms with Gasteiger partial charge in [0.05, 0.1) is 11.8 Å². The van der Waals surface area contributed by atoms with Crippen molar-refractivity contribution < 1.29 is 19.1 Å². The molecule has 0 bridgehead atoms. The fourth-order valence-electron chi connectivity index (χ4n) is 1.16. The summed E-state index contributed by atoms with van der Waals surface area (Å²) in [4.78, 5) is 14.5.